The van der Waals surface area contributed by atoms with Gasteiger partial charge in [0, 0.05) is 6.42 Å². The van der Waals surface area contributed by atoms with E-state index >= 15 is 0 Å². The van der Waals surface area contributed by atoms with Gasteiger partial charge in [-0.05, 0) is 45.2 Å². The predicted octanol–water partition coefficient (Wildman–Crippen LogP) is 2.36. The summed E-state index contributed by atoms with van der Waals surface area (Å²) in [5, 5.41) is 12.0. The molecule has 0 heterocycles. The number of benzene rings is 1. The lowest BCUT2D eigenvalue weighted by atomic mass is 10.0. The van der Waals surface area contributed by atoms with Gasteiger partial charge >= 0.3 is 0 Å². The maximum Gasteiger partial charge on any atom is 0.119 e. The highest BCUT2D eigenvalue weighted by Gasteiger charge is 2.20. The van der Waals surface area contributed by atoms with Crippen molar-refractivity contribution in [3.05, 3.63) is 24.3 Å². The van der Waals surface area contributed by atoms with E-state index in [-0.39, 0.29) is 0 Å². The Morgan fingerprint density at radius 2 is 1.78 bits per heavy atom. The fraction of sp³-hybridized carbons (Fsp3) is 0.500. The van der Waals surface area contributed by atoms with Crippen molar-refractivity contribution in [1.29, 1.82) is 5.26 Å². The first-order valence-electron chi connectivity index (χ1n) is 6.09. The van der Waals surface area contributed by atoms with E-state index in [0.717, 1.165) is 11.5 Å². The Hall–Kier alpha value is -1.73. The number of hydrogen-bond donors (Lipinski definition) is 1. The van der Waals surface area contributed by atoms with Crippen LogP contribution in [0, 0.1) is 11.3 Å². The van der Waals surface area contributed by atoms with Crippen LogP contribution in [-0.2, 0) is 0 Å². The highest BCUT2D eigenvalue weighted by molar-refractivity contribution is 5.31. The summed E-state index contributed by atoms with van der Waals surface area (Å²) in [5.41, 5.74) is -0.536. The third kappa shape index (κ3) is 4.27. The average molecular weight is 248 g/mol. The Morgan fingerprint density at radius 1 is 1.22 bits per heavy atom. The molecule has 0 aliphatic rings. The molecule has 4 nitrogen and oxygen atoms in total. The van der Waals surface area contributed by atoms with Crippen molar-refractivity contribution in [2.45, 2.75) is 25.8 Å². The molecule has 0 spiro atoms. The molecule has 1 atom stereocenters. The molecule has 0 aliphatic carbocycles. The van der Waals surface area contributed by atoms with E-state index in [4.69, 9.17) is 14.7 Å². The molecule has 98 valence electrons. The standard InChI is InChI=1S/C14H20N2O2/c1-4-17-12-5-7-13(8-6-12)18-10-9-14(2,11-15)16-3/h5-8,16H,4,9-10H2,1-3H3. The van der Waals surface area contributed by atoms with Crippen LogP contribution in [0.15, 0.2) is 24.3 Å². The first-order chi connectivity index (χ1) is 8.63. The Balaban J connectivity index is 2.42. The molecular weight excluding hydrogens is 228 g/mol. The molecule has 18 heavy (non-hydrogen) atoms. The van der Waals surface area contributed by atoms with E-state index in [1.165, 1.54) is 0 Å². The lowest BCUT2D eigenvalue weighted by Crippen LogP contribution is -2.39. The molecule has 0 aromatic heterocycles. The zero-order valence-electron chi connectivity index (χ0n) is 11.2. The summed E-state index contributed by atoms with van der Waals surface area (Å²) in [6.07, 6.45) is 0.632. The molecule has 0 saturated carbocycles. The molecule has 0 saturated heterocycles. The number of rotatable bonds is 7. The molecule has 1 unspecified atom stereocenters. The average Bonchev–Trinajstić information content (AvgIpc) is 2.41. The van der Waals surface area contributed by atoms with Crippen LogP contribution in [0.5, 0.6) is 11.5 Å². The van der Waals surface area contributed by atoms with Crippen molar-refractivity contribution in [2.24, 2.45) is 0 Å². The second kappa shape index (κ2) is 6.87. The van der Waals surface area contributed by atoms with Crippen molar-refractivity contribution in [1.82, 2.24) is 5.32 Å². The number of ether oxygens (including phenoxy) is 2. The van der Waals surface area contributed by atoms with Crippen LogP contribution in [0.25, 0.3) is 0 Å². The maximum absolute atomic E-state index is 8.99. The van der Waals surface area contributed by atoms with Gasteiger partial charge in [0.25, 0.3) is 0 Å². The molecule has 0 radical (unpaired) electrons. The monoisotopic (exact) mass is 248 g/mol. The second-order valence-electron chi connectivity index (χ2n) is 4.20. The fourth-order valence-corrected chi connectivity index (χ4v) is 1.41. The molecule has 0 bridgehead atoms. The molecule has 1 N–H and O–H groups in total. The smallest absolute Gasteiger partial charge is 0.119 e. The van der Waals surface area contributed by atoms with Crippen molar-refractivity contribution < 1.29 is 9.47 Å². The fourth-order valence-electron chi connectivity index (χ4n) is 1.41. The van der Waals surface area contributed by atoms with E-state index in [1.54, 1.807) is 7.05 Å². The second-order valence-corrected chi connectivity index (χ2v) is 4.20. The van der Waals surface area contributed by atoms with Gasteiger partial charge in [-0.15, -0.1) is 0 Å². The van der Waals surface area contributed by atoms with Gasteiger partial charge < -0.3 is 14.8 Å². The molecule has 1 rings (SSSR count). The molecule has 0 fully saturated rings. The molecule has 1 aromatic rings. The van der Waals surface area contributed by atoms with Gasteiger partial charge in [-0.2, -0.15) is 5.26 Å². The van der Waals surface area contributed by atoms with Crippen LogP contribution in [-0.4, -0.2) is 25.8 Å². The third-order valence-corrected chi connectivity index (χ3v) is 2.80. The normalized spacial score (nSPS) is 13.4. The lowest BCUT2D eigenvalue weighted by Gasteiger charge is -2.20. The Labute approximate surface area is 109 Å². The molecule has 1 aromatic carbocycles. The highest BCUT2D eigenvalue weighted by Crippen LogP contribution is 2.18. The number of hydrogen-bond acceptors (Lipinski definition) is 4. The van der Waals surface area contributed by atoms with Crippen molar-refractivity contribution in [3.63, 3.8) is 0 Å². The van der Waals surface area contributed by atoms with E-state index in [9.17, 15) is 0 Å². The zero-order valence-corrected chi connectivity index (χ0v) is 11.2. The number of nitriles is 1. The van der Waals surface area contributed by atoms with E-state index in [1.807, 2.05) is 38.1 Å². The minimum atomic E-state index is -0.536. The molecule has 0 aliphatic heterocycles. The van der Waals surface area contributed by atoms with Crippen molar-refractivity contribution in [3.8, 4) is 17.6 Å². The topological polar surface area (TPSA) is 54.3 Å². The molecular formula is C14H20N2O2. The summed E-state index contributed by atoms with van der Waals surface area (Å²) in [4.78, 5) is 0. The van der Waals surface area contributed by atoms with E-state index in [2.05, 4.69) is 11.4 Å². The SMILES string of the molecule is CCOc1ccc(OCCC(C)(C#N)NC)cc1. The van der Waals surface area contributed by atoms with Crippen LogP contribution < -0.4 is 14.8 Å². The number of nitrogens with one attached hydrogen (secondary N) is 1. The van der Waals surface area contributed by atoms with Crippen LogP contribution in [0.3, 0.4) is 0 Å². The highest BCUT2D eigenvalue weighted by atomic mass is 16.5. The summed E-state index contributed by atoms with van der Waals surface area (Å²) >= 11 is 0. The summed E-state index contributed by atoms with van der Waals surface area (Å²) in [7, 11) is 1.78. The van der Waals surface area contributed by atoms with Gasteiger partial charge in [0.1, 0.15) is 17.0 Å². The summed E-state index contributed by atoms with van der Waals surface area (Å²) in [5.74, 6) is 1.62. The zero-order chi connectivity index (χ0) is 13.4. The molecule has 0 amide bonds. The van der Waals surface area contributed by atoms with Crippen molar-refractivity contribution in [2.75, 3.05) is 20.3 Å². The molecule has 4 heteroatoms. The lowest BCUT2D eigenvalue weighted by molar-refractivity contribution is 0.272. The van der Waals surface area contributed by atoms with E-state index in [0.29, 0.717) is 19.6 Å². The van der Waals surface area contributed by atoms with Crippen LogP contribution in [0.1, 0.15) is 20.3 Å². The van der Waals surface area contributed by atoms with Gasteiger partial charge in [-0.25, -0.2) is 0 Å². The van der Waals surface area contributed by atoms with Crippen LogP contribution >= 0.6 is 0 Å². The number of nitrogens with zero attached hydrogens (tertiary/aromatic N) is 1. The summed E-state index contributed by atoms with van der Waals surface area (Å²) < 4.78 is 10.9. The van der Waals surface area contributed by atoms with E-state index < -0.39 is 5.54 Å². The van der Waals surface area contributed by atoms with Gasteiger partial charge in [0.05, 0.1) is 19.3 Å². The summed E-state index contributed by atoms with van der Waals surface area (Å²) in [6, 6.07) is 9.72. The third-order valence-electron chi connectivity index (χ3n) is 2.80. The maximum atomic E-state index is 8.99. The van der Waals surface area contributed by atoms with Gasteiger partial charge in [-0.1, -0.05) is 0 Å². The van der Waals surface area contributed by atoms with Gasteiger partial charge in [-0.3, -0.25) is 0 Å². The summed E-state index contributed by atoms with van der Waals surface area (Å²) in [6.45, 7) is 4.96. The van der Waals surface area contributed by atoms with Gasteiger partial charge in [0.15, 0.2) is 0 Å². The minimum absolute atomic E-state index is 0.499. The van der Waals surface area contributed by atoms with Crippen molar-refractivity contribution >= 4 is 0 Å². The first kappa shape index (κ1) is 14.3. The minimum Gasteiger partial charge on any atom is -0.494 e. The van der Waals surface area contributed by atoms with Gasteiger partial charge in [0.2, 0.25) is 0 Å². The Kier molecular flexibility index (Phi) is 5.47. The Morgan fingerprint density at radius 3 is 2.22 bits per heavy atom. The largest absolute Gasteiger partial charge is 0.494 e. The first-order valence-corrected chi connectivity index (χ1v) is 6.09. The van der Waals surface area contributed by atoms with Crippen LogP contribution in [0.2, 0.25) is 0 Å². The van der Waals surface area contributed by atoms with Crippen LogP contribution in [0.4, 0.5) is 0 Å². The Bertz CT molecular complexity index is 397. The predicted molar refractivity (Wildman–Crippen MR) is 70.8 cm³/mol. The quantitative estimate of drug-likeness (QED) is 0.804.